The maximum absolute atomic E-state index is 6.34. The summed E-state index contributed by atoms with van der Waals surface area (Å²) in [6, 6.07) is 0. The molecular weight excluding hydrogens is 244 g/mol. The van der Waals surface area contributed by atoms with E-state index in [9.17, 15) is 0 Å². The van der Waals surface area contributed by atoms with Gasteiger partial charge in [-0.1, -0.05) is 5.70 Å². The van der Waals surface area contributed by atoms with Crippen molar-refractivity contribution in [1.29, 1.82) is 0 Å². The summed E-state index contributed by atoms with van der Waals surface area (Å²) in [6.45, 7) is 23.3. The predicted octanol–water partition coefficient (Wildman–Crippen LogP) is 4.27. The molecule has 0 saturated heterocycles. The molecule has 102 valence electrons. The Morgan fingerprint density at radius 3 is 1.59 bits per heavy atom. The van der Waals surface area contributed by atoms with Gasteiger partial charge in [-0.2, -0.15) is 0 Å². The van der Waals surface area contributed by atoms with Crippen LogP contribution in [0, 0.1) is 0 Å². The molecule has 0 aromatic carbocycles. The van der Waals surface area contributed by atoms with Crippen molar-refractivity contribution in [1.82, 2.24) is 0 Å². The van der Waals surface area contributed by atoms with Crippen molar-refractivity contribution in [3.05, 3.63) is 12.3 Å². The molecule has 0 atom stereocenters. The molecule has 0 aliphatic heterocycles. The smallest absolute Gasteiger partial charge is 0.216 e. The Kier molecular flexibility index (Phi) is 5.02. The van der Waals surface area contributed by atoms with Crippen LogP contribution in [-0.2, 0) is 8.85 Å². The summed E-state index contributed by atoms with van der Waals surface area (Å²) >= 11 is 0. The zero-order chi connectivity index (χ0) is 14.1. The second-order valence-electron chi connectivity index (χ2n) is 7.14. The van der Waals surface area contributed by atoms with Crippen molar-refractivity contribution in [3.63, 3.8) is 0 Å². The van der Waals surface area contributed by atoms with E-state index < -0.39 is 16.6 Å². The molecule has 0 aliphatic rings. The van der Waals surface area contributed by atoms with Crippen LogP contribution in [0.25, 0.3) is 0 Å². The quantitative estimate of drug-likeness (QED) is 0.697. The van der Waals surface area contributed by atoms with Crippen LogP contribution in [0.4, 0.5) is 0 Å². The van der Waals surface area contributed by atoms with Gasteiger partial charge in [0.05, 0.1) is 5.22 Å². The highest BCUT2D eigenvalue weighted by Gasteiger charge is 2.46. The van der Waals surface area contributed by atoms with Crippen molar-refractivity contribution in [2.75, 3.05) is 0 Å². The van der Waals surface area contributed by atoms with E-state index in [0.717, 1.165) is 0 Å². The average Bonchev–Trinajstić information content (AvgIpc) is 1.97. The lowest BCUT2D eigenvalue weighted by molar-refractivity contribution is 0.0724. The minimum absolute atomic E-state index is 0.115. The highest BCUT2D eigenvalue weighted by Crippen LogP contribution is 2.32. The van der Waals surface area contributed by atoms with Crippen molar-refractivity contribution < 1.29 is 8.85 Å². The molecule has 4 heteroatoms. The molecule has 0 N–H and O–H groups in total. The zero-order valence-electron chi connectivity index (χ0n) is 13.1. The first kappa shape index (κ1) is 17.1. The lowest BCUT2D eigenvalue weighted by atomic mass is 10.2. The Balaban J connectivity index is 4.97. The Hall–Kier alpha value is 0.0938. The summed E-state index contributed by atoms with van der Waals surface area (Å²) in [5.41, 5.74) is 1.87. The van der Waals surface area contributed by atoms with E-state index in [1.807, 2.05) is 5.70 Å². The molecule has 0 spiro atoms. The minimum atomic E-state index is -1.93. The first-order valence-electron chi connectivity index (χ1n) is 6.26. The Bertz CT molecular complexity index is 276. The monoisotopic (exact) mass is 274 g/mol. The molecule has 0 bridgehead atoms. The fourth-order valence-electron chi connectivity index (χ4n) is 1.71. The van der Waals surface area contributed by atoms with E-state index >= 15 is 0 Å². The molecule has 0 aromatic heterocycles. The lowest BCUT2D eigenvalue weighted by Crippen LogP contribution is -2.60. The molecule has 17 heavy (non-hydrogen) atoms. The van der Waals surface area contributed by atoms with Crippen LogP contribution < -0.4 is 0 Å². The largest absolute Gasteiger partial charge is 0.410 e. The van der Waals surface area contributed by atoms with Crippen molar-refractivity contribution in [3.8, 4) is 0 Å². The lowest BCUT2D eigenvalue weighted by Gasteiger charge is -2.46. The summed E-state index contributed by atoms with van der Waals surface area (Å²) in [5, 5.41) is -0.204. The first-order valence-corrected chi connectivity index (χ1v) is 12.2. The van der Waals surface area contributed by atoms with E-state index in [2.05, 4.69) is 67.4 Å². The topological polar surface area (TPSA) is 18.5 Å². The molecule has 0 heterocycles. The fraction of sp³-hybridized carbons (Fsp3) is 0.846. The van der Waals surface area contributed by atoms with Crippen molar-refractivity contribution in [2.45, 2.75) is 71.6 Å². The van der Waals surface area contributed by atoms with Gasteiger partial charge >= 0.3 is 0 Å². The summed E-state index contributed by atoms with van der Waals surface area (Å²) < 4.78 is 12.6. The Labute approximate surface area is 110 Å². The molecule has 0 rings (SSSR count). The van der Waals surface area contributed by atoms with E-state index in [0.29, 0.717) is 0 Å². The molecule has 0 unspecified atom stereocenters. The third-order valence-corrected chi connectivity index (χ3v) is 9.37. The van der Waals surface area contributed by atoms with E-state index in [1.165, 1.54) is 0 Å². The van der Waals surface area contributed by atoms with Crippen LogP contribution in [0.1, 0.15) is 34.6 Å². The molecule has 0 fully saturated rings. The number of hydrogen-bond acceptors (Lipinski definition) is 2. The van der Waals surface area contributed by atoms with Crippen LogP contribution in [-0.4, -0.2) is 27.5 Å². The second-order valence-corrected chi connectivity index (χ2v) is 15.4. The van der Waals surface area contributed by atoms with Gasteiger partial charge in [-0.15, -0.1) is 6.58 Å². The van der Waals surface area contributed by atoms with Gasteiger partial charge in [-0.25, -0.2) is 0 Å². The molecule has 2 nitrogen and oxygen atoms in total. The van der Waals surface area contributed by atoms with Gasteiger partial charge in [0.1, 0.15) is 0 Å². The van der Waals surface area contributed by atoms with Crippen LogP contribution in [0.3, 0.4) is 0 Å². The first-order chi connectivity index (χ1) is 7.22. The van der Waals surface area contributed by atoms with Gasteiger partial charge in [0.25, 0.3) is 0 Å². The average molecular weight is 275 g/mol. The molecule has 0 radical (unpaired) electrons. The fourth-order valence-corrected chi connectivity index (χ4v) is 6.66. The molecule has 0 amide bonds. The van der Waals surface area contributed by atoms with Crippen LogP contribution in [0.15, 0.2) is 12.3 Å². The van der Waals surface area contributed by atoms with Crippen LogP contribution in [0.5, 0.6) is 0 Å². The third-order valence-electron chi connectivity index (χ3n) is 3.02. The number of rotatable bonds is 5. The van der Waals surface area contributed by atoms with Gasteiger partial charge in [0.15, 0.2) is 0 Å². The predicted molar refractivity (Wildman–Crippen MR) is 81.2 cm³/mol. The molecule has 0 aromatic rings. The normalized spacial score (nSPS) is 14.9. The minimum Gasteiger partial charge on any atom is -0.410 e. The van der Waals surface area contributed by atoms with Gasteiger partial charge < -0.3 is 8.85 Å². The summed E-state index contributed by atoms with van der Waals surface area (Å²) in [7, 11) is -3.71. The van der Waals surface area contributed by atoms with E-state index in [-0.39, 0.29) is 10.8 Å². The molecule has 0 saturated carbocycles. The second kappa shape index (κ2) is 4.99. The highest BCUT2D eigenvalue weighted by atomic mass is 28.4. The highest BCUT2D eigenvalue weighted by molar-refractivity contribution is 6.79. The summed E-state index contributed by atoms with van der Waals surface area (Å²) in [5.74, 6) is 0. The Morgan fingerprint density at radius 2 is 1.29 bits per heavy atom. The van der Waals surface area contributed by atoms with E-state index in [1.54, 1.807) is 0 Å². The van der Waals surface area contributed by atoms with Crippen molar-refractivity contribution in [2.24, 2.45) is 0 Å². The third kappa shape index (κ3) is 5.51. The van der Waals surface area contributed by atoms with Gasteiger partial charge in [-0.05, 0) is 60.8 Å². The Morgan fingerprint density at radius 1 is 0.882 bits per heavy atom. The van der Waals surface area contributed by atoms with Gasteiger partial charge in [0, 0.05) is 5.60 Å². The zero-order valence-corrected chi connectivity index (χ0v) is 15.1. The maximum atomic E-state index is 6.34. The van der Waals surface area contributed by atoms with Crippen LogP contribution in [0.2, 0.25) is 26.2 Å². The maximum Gasteiger partial charge on any atom is 0.216 e. The van der Waals surface area contributed by atoms with E-state index in [4.69, 9.17) is 8.85 Å². The standard InChI is InChI=1S/C13H30O2Si2/c1-11-16(7,8)15-13(5,6)17(9,10)14-12(2,3)4/h11H,1H2,2-10H3. The SMILES string of the molecule is C=C[Si](C)(C)OC(C)(C)[Si](C)(C)OC(C)(C)C. The number of hydrogen-bond donors (Lipinski definition) is 0. The molecular formula is C13H30O2Si2. The summed E-state index contributed by atoms with van der Waals surface area (Å²) in [6.07, 6.45) is 0. The van der Waals surface area contributed by atoms with Gasteiger partial charge in [0.2, 0.25) is 16.6 Å². The summed E-state index contributed by atoms with van der Waals surface area (Å²) in [4.78, 5) is 0. The van der Waals surface area contributed by atoms with Crippen molar-refractivity contribution >= 4 is 16.6 Å². The van der Waals surface area contributed by atoms with Gasteiger partial charge in [-0.3, -0.25) is 0 Å². The molecule has 0 aliphatic carbocycles. The van der Waals surface area contributed by atoms with Crippen LogP contribution >= 0.6 is 0 Å².